The first-order chi connectivity index (χ1) is 8.36. The molecule has 17 heavy (non-hydrogen) atoms. The molecule has 0 spiro atoms. The van der Waals surface area contributed by atoms with E-state index >= 15 is 0 Å². The second kappa shape index (κ2) is 4.07. The molecule has 0 saturated carbocycles. The number of hydrogen-bond acceptors (Lipinski definition) is 5. The van der Waals surface area contributed by atoms with Gasteiger partial charge in [0.05, 0.1) is 18.2 Å². The minimum Gasteiger partial charge on any atom is -0.454 e. The zero-order valence-corrected chi connectivity index (χ0v) is 9.66. The van der Waals surface area contributed by atoms with Crippen LogP contribution < -0.4 is 9.47 Å². The van der Waals surface area contributed by atoms with Crippen molar-refractivity contribution in [3.63, 3.8) is 0 Å². The lowest BCUT2D eigenvalue weighted by Gasteiger charge is -1.98. The third-order valence-electron chi connectivity index (χ3n) is 2.43. The molecule has 0 amide bonds. The average molecular weight is 244 g/mol. The lowest BCUT2D eigenvalue weighted by Crippen LogP contribution is -1.92. The van der Waals surface area contributed by atoms with Crippen LogP contribution in [0.15, 0.2) is 23.6 Å². The second-order valence-corrected chi connectivity index (χ2v) is 4.41. The molecule has 1 aromatic heterocycles. The van der Waals surface area contributed by atoms with Crippen molar-refractivity contribution < 1.29 is 9.47 Å². The van der Waals surface area contributed by atoms with E-state index < -0.39 is 0 Å². The standard InChI is InChI=1S/C12H8N2O2S/c13-4-3-9-6-17-12(14-9)8-1-2-10-11(5-8)16-7-15-10/h1-2,5-6H,3,7H2. The van der Waals surface area contributed by atoms with Crippen molar-refractivity contribution in [2.24, 2.45) is 0 Å². The Labute approximate surface area is 102 Å². The van der Waals surface area contributed by atoms with Gasteiger partial charge in [0.25, 0.3) is 0 Å². The third kappa shape index (κ3) is 1.83. The highest BCUT2D eigenvalue weighted by Gasteiger charge is 2.15. The van der Waals surface area contributed by atoms with Crippen LogP contribution in [-0.2, 0) is 6.42 Å². The van der Waals surface area contributed by atoms with Crippen molar-refractivity contribution in [3.8, 4) is 28.1 Å². The molecule has 0 N–H and O–H groups in total. The van der Waals surface area contributed by atoms with Gasteiger partial charge in [-0.2, -0.15) is 5.26 Å². The predicted octanol–water partition coefficient (Wildman–Crippen LogP) is 2.60. The fourth-order valence-electron chi connectivity index (χ4n) is 1.63. The Kier molecular flexibility index (Phi) is 2.42. The highest BCUT2D eigenvalue weighted by Crippen LogP contribution is 2.36. The van der Waals surface area contributed by atoms with Crippen LogP contribution in [0.2, 0.25) is 0 Å². The molecule has 0 atom stereocenters. The van der Waals surface area contributed by atoms with Gasteiger partial charge < -0.3 is 9.47 Å². The minimum atomic E-state index is 0.274. The minimum absolute atomic E-state index is 0.274. The lowest BCUT2D eigenvalue weighted by atomic mass is 10.2. The molecule has 5 heteroatoms. The van der Waals surface area contributed by atoms with E-state index in [0.29, 0.717) is 6.42 Å². The van der Waals surface area contributed by atoms with Crippen molar-refractivity contribution in [3.05, 3.63) is 29.3 Å². The Balaban J connectivity index is 1.95. The van der Waals surface area contributed by atoms with Crippen LogP contribution in [-0.4, -0.2) is 11.8 Å². The Morgan fingerprint density at radius 3 is 3.12 bits per heavy atom. The maximum absolute atomic E-state index is 8.60. The number of fused-ring (bicyclic) bond motifs is 1. The molecular weight excluding hydrogens is 236 g/mol. The van der Waals surface area contributed by atoms with E-state index in [-0.39, 0.29) is 6.79 Å². The van der Waals surface area contributed by atoms with Crippen LogP contribution in [0, 0.1) is 11.3 Å². The van der Waals surface area contributed by atoms with Crippen molar-refractivity contribution >= 4 is 11.3 Å². The van der Waals surface area contributed by atoms with Gasteiger partial charge in [-0.05, 0) is 18.2 Å². The van der Waals surface area contributed by atoms with Crippen molar-refractivity contribution in [2.75, 3.05) is 6.79 Å². The molecule has 0 unspecified atom stereocenters. The number of benzene rings is 1. The molecule has 4 nitrogen and oxygen atoms in total. The van der Waals surface area contributed by atoms with Crippen LogP contribution in [0.5, 0.6) is 11.5 Å². The molecule has 0 saturated heterocycles. The third-order valence-corrected chi connectivity index (χ3v) is 3.37. The highest BCUT2D eigenvalue weighted by atomic mass is 32.1. The predicted molar refractivity (Wildman–Crippen MR) is 63.0 cm³/mol. The fraction of sp³-hybridized carbons (Fsp3) is 0.167. The summed E-state index contributed by atoms with van der Waals surface area (Å²) < 4.78 is 10.6. The van der Waals surface area contributed by atoms with Gasteiger partial charge >= 0.3 is 0 Å². The van der Waals surface area contributed by atoms with E-state index in [9.17, 15) is 0 Å². The number of nitrogens with zero attached hydrogens (tertiary/aromatic N) is 2. The zero-order chi connectivity index (χ0) is 11.7. The van der Waals surface area contributed by atoms with Gasteiger partial charge in [-0.15, -0.1) is 11.3 Å². The molecule has 2 aromatic rings. The van der Waals surface area contributed by atoms with Gasteiger partial charge in [0.1, 0.15) is 5.01 Å². The van der Waals surface area contributed by atoms with Gasteiger partial charge in [0, 0.05) is 10.9 Å². The van der Waals surface area contributed by atoms with Gasteiger partial charge in [-0.3, -0.25) is 0 Å². The van der Waals surface area contributed by atoms with Crippen LogP contribution >= 0.6 is 11.3 Å². The van der Waals surface area contributed by atoms with E-state index in [1.54, 1.807) is 0 Å². The summed E-state index contributed by atoms with van der Waals surface area (Å²) in [5.41, 5.74) is 1.80. The monoisotopic (exact) mass is 244 g/mol. The fourth-order valence-corrected chi connectivity index (χ4v) is 2.45. The zero-order valence-electron chi connectivity index (χ0n) is 8.84. The normalized spacial score (nSPS) is 12.4. The average Bonchev–Trinajstić information content (AvgIpc) is 2.96. The largest absolute Gasteiger partial charge is 0.454 e. The summed E-state index contributed by atoms with van der Waals surface area (Å²) in [5, 5.41) is 11.4. The van der Waals surface area contributed by atoms with Gasteiger partial charge in [-0.1, -0.05) is 0 Å². The summed E-state index contributed by atoms with van der Waals surface area (Å²) in [7, 11) is 0. The quantitative estimate of drug-likeness (QED) is 0.814. The Morgan fingerprint density at radius 1 is 1.35 bits per heavy atom. The number of thiazole rings is 1. The number of nitriles is 1. The highest BCUT2D eigenvalue weighted by molar-refractivity contribution is 7.13. The molecule has 1 aromatic carbocycles. The number of aromatic nitrogens is 1. The van der Waals surface area contributed by atoms with E-state index in [0.717, 1.165) is 27.8 Å². The summed E-state index contributed by atoms with van der Waals surface area (Å²) >= 11 is 1.53. The molecule has 0 aliphatic carbocycles. The maximum atomic E-state index is 8.60. The van der Waals surface area contributed by atoms with E-state index in [2.05, 4.69) is 11.1 Å². The molecule has 2 heterocycles. The number of rotatable bonds is 2. The first-order valence-electron chi connectivity index (χ1n) is 5.08. The molecular formula is C12H8N2O2S. The molecule has 0 bridgehead atoms. The van der Waals surface area contributed by atoms with Crippen molar-refractivity contribution in [2.45, 2.75) is 6.42 Å². The summed E-state index contributed by atoms with van der Waals surface area (Å²) in [4.78, 5) is 4.40. The SMILES string of the molecule is N#CCc1csc(-c2ccc3c(c2)OCO3)n1. The van der Waals surface area contributed by atoms with Gasteiger partial charge in [0.15, 0.2) is 11.5 Å². The summed E-state index contributed by atoms with van der Waals surface area (Å²) in [6.45, 7) is 0.274. The molecule has 84 valence electrons. The van der Waals surface area contributed by atoms with E-state index in [1.807, 2.05) is 23.6 Å². The van der Waals surface area contributed by atoms with E-state index in [4.69, 9.17) is 14.7 Å². The Hall–Kier alpha value is -2.06. The topological polar surface area (TPSA) is 55.1 Å². The van der Waals surface area contributed by atoms with Crippen molar-refractivity contribution in [1.82, 2.24) is 4.98 Å². The smallest absolute Gasteiger partial charge is 0.231 e. The van der Waals surface area contributed by atoms with Crippen molar-refractivity contribution in [1.29, 1.82) is 5.26 Å². The molecule has 1 aliphatic rings. The van der Waals surface area contributed by atoms with Crippen LogP contribution in [0.3, 0.4) is 0 Å². The lowest BCUT2D eigenvalue weighted by molar-refractivity contribution is 0.174. The Morgan fingerprint density at radius 2 is 2.24 bits per heavy atom. The molecule has 1 aliphatic heterocycles. The number of hydrogen-bond donors (Lipinski definition) is 0. The number of ether oxygens (including phenoxy) is 2. The van der Waals surface area contributed by atoms with E-state index in [1.165, 1.54) is 11.3 Å². The van der Waals surface area contributed by atoms with Crippen LogP contribution in [0.4, 0.5) is 0 Å². The van der Waals surface area contributed by atoms with Gasteiger partial charge in [-0.25, -0.2) is 4.98 Å². The van der Waals surface area contributed by atoms with Gasteiger partial charge in [0.2, 0.25) is 6.79 Å². The summed E-state index contributed by atoms with van der Waals surface area (Å²) in [6.07, 6.45) is 0.348. The van der Waals surface area contributed by atoms with Crippen LogP contribution in [0.1, 0.15) is 5.69 Å². The molecule has 0 radical (unpaired) electrons. The van der Waals surface area contributed by atoms with Crippen LogP contribution in [0.25, 0.3) is 10.6 Å². The molecule has 3 rings (SSSR count). The summed E-state index contributed by atoms with van der Waals surface area (Å²) in [6, 6.07) is 7.83. The first-order valence-corrected chi connectivity index (χ1v) is 5.96. The molecule has 0 fully saturated rings. The summed E-state index contributed by atoms with van der Waals surface area (Å²) in [5.74, 6) is 1.52. The second-order valence-electron chi connectivity index (χ2n) is 3.55. The maximum Gasteiger partial charge on any atom is 0.231 e. The Bertz CT molecular complexity index is 601. The first kappa shape index (κ1) is 10.1.